The Labute approximate surface area is 160 Å². The lowest BCUT2D eigenvalue weighted by molar-refractivity contribution is -0.119. The summed E-state index contributed by atoms with van der Waals surface area (Å²) in [6.07, 6.45) is 3.44. The average molecular weight is 413 g/mol. The molecule has 3 heterocycles. The van der Waals surface area contributed by atoms with Gasteiger partial charge in [0.25, 0.3) is 0 Å². The van der Waals surface area contributed by atoms with E-state index in [1.807, 2.05) is 29.1 Å². The molecule has 2 unspecified atom stereocenters. The summed E-state index contributed by atoms with van der Waals surface area (Å²) < 4.78 is 2.96. The summed E-state index contributed by atoms with van der Waals surface area (Å²) in [7, 11) is 0. The van der Waals surface area contributed by atoms with Crippen LogP contribution in [-0.4, -0.2) is 27.2 Å². The van der Waals surface area contributed by atoms with Gasteiger partial charge in [0.2, 0.25) is 5.91 Å². The lowest BCUT2D eigenvalue weighted by Gasteiger charge is -2.20. The standard InChI is InChI=1S/C20H21BrN4O/c1-2-13(15-8-18(26)22-10-15)12-25-20-17(9-16(21)11-23-20)19(24-25)14-6-4-3-5-7-14/h3-7,9,11,13,15H,2,8,10,12H2,1H3,(H,22,26). The van der Waals surface area contributed by atoms with Crippen LogP contribution in [0, 0.1) is 11.8 Å². The summed E-state index contributed by atoms with van der Waals surface area (Å²) in [5.41, 5.74) is 2.93. The number of hydrogen-bond acceptors (Lipinski definition) is 3. The maximum absolute atomic E-state index is 11.6. The van der Waals surface area contributed by atoms with E-state index in [0.29, 0.717) is 18.3 Å². The van der Waals surface area contributed by atoms with E-state index >= 15 is 0 Å². The summed E-state index contributed by atoms with van der Waals surface area (Å²) in [5.74, 6) is 0.916. The molecule has 2 atom stereocenters. The Balaban J connectivity index is 1.74. The molecule has 0 spiro atoms. The molecule has 0 aliphatic carbocycles. The molecule has 1 saturated heterocycles. The monoisotopic (exact) mass is 412 g/mol. The van der Waals surface area contributed by atoms with E-state index in [1.165, 1.54) is 0 Å². The third-order valence-corrected chi connectivity index (χ3v) is 5.64. The minimum Gasteiger partial charge on any atom is -0.356 e. The van der Waals surface area contributed by atoms with Gasteiger partial charge in [0.05, 0.1) is 0 Å². The molecule has 0 radical (unpaired) electrons. The lowest BCUT2D eigenvalue weighted by Crippen LogP contribution is -2.23. The normalized spacial score (nSPS) is 18.2. The van der Waals surface area contributed by atoms with E-state index in [2.05, 4.69) is 51.4 Å². The zero-order valence-corrected chi connectivity index (χ0v) is 16.2. The Kier molecular flexibility index (Phi) is 4.76. The molecule has 3 aromatic rings. The summed E-state index contributed by atoms with van der Waals surface area (Å²) in [4.78, 5) is 16.2. The number of pyridine rings is 1. The van der Waals surface area contributed by atoms with Crippen molar-refractivity contribution in [3.63, 3.8) is 0 Å². The van der Waals surface area contributed by atoms with Gasteiger partial charge in [-0.3, -0.25) is 4.79 Å². The number of fused-ring (bicyclic) bond motifs is 1. The number of carbonyl (C=O) groups is 1. The number of benzene rings is 1. The molecule has 6 heteroatoms. The van der Waals surface area contributed by atoms with Crippen molar-refractivity contribution in [1.29, 1.82) is 0 Å². The third-order valence-electron chi connectivity index (χ3n) is 5.21. The number of nitrogens with one attached hydrogen (secondary N) is 1. The Morgan fingerprint density at radius 2 is 2.15 bits per heavy atom. The molecule has 1 amide bonds. The van der Waals surface area contributed by atoms with Crippen molar-refractivity contribution < 1.29 is 4.79 Å². The first kappa shape index (κ1) is 17.2. The van der Waals surface area contributed by atoms with Gasteiger partial charge in [-0.15, -0.1) is 0 Å². The van der Waals surface area contributed by atoms with E-state index in [-0.39, 0.29) is 5.91 Å². The number of hydrogen-bond donors (Lipinski definition) is 1. The summed E-state index contributed by atoms with van der Waals surface area (Å²) in [6, 6.07) is 12.3. The molecule has 5 nitrogen and oxygen atoms in total. The van der Waals surface area contributed by atoms with Crippen LogP contribution < -0.4 is 5.32 Å². The van der Waals surface area contributed by atoms with Crippen LogP contribution in [0.4, 0.5) is 0 Å². The molecule has 0 saturated carbocycles. The van der Waals surface area contributed by atoms with Gasteiger partial charge in [-0.25, -0.2) is 9.67 Å². The van der Waals surface area contributed by atoms with Gasteiger partial charge in [-0.2, -0.15) is 5.10 Å². The quantitative estimate of drug-likeness (QED) is 0.687. The molecule has 1 aliphatic rings. The van der Waals surface area contributed by atoms with Gasteiger partial charge in [0.1, 0.15) is 5.69 Å². The van der Waals surface area contributed by atoms with Crippen LogP contribution in [0.1, 0.15) is 19.8 Å². The second-order valence-corrected chi connectivity index (χ2v) is 7.77. The van der Waals surface area contributed by atoms with Crippen molar-refractivity contribution in [1.82, 2.24) is 20.1 Å². The minimum absolute atomic E-state index is 0.158. The predicted molar refractivity (Wildman–Crippen MR) is 106 cm³/mol. The van der Waals surface area contributed by atoms with Gasteiger partial charge < -0.3 is 5.32 Å². The Hall–Kier alpha value is -2.21. The van der Waals surface area contributed by atoms with Gasteiger partial charge in [-0.05, 0) is 33.8 Å². The summed E-state index contributed by atoms with van der Waals surface area (Å²) >= 11 is 3.53. The molecule has 1 N–H and O–H groups in total. The molecule has 0 bridgehead atoms. The first-order valence-electron chi connectivity index (χ1n) is 9.00. The number of aromatic nitrogens is 3. The first-order chi connectivity index (χ1) is 12.7. The van der Waals surface area contributed by atoms with Crippen LogP contribution in [0.5, 0.6) is 0 Å². The molecule has 4 rings (SSSR count). The fourth-order valence-corrected chi connectivity index (χ4v) is 4.10. The SMILES string of the molecule is CCC(Cn1nc(-c2ccccc2)c2cc(Br)cnc21)C1CNC(=O)C1. The fraction of sp³-hybridized carbons (Fsp3) is 0.350. The molecule has 2 aromatic heterocycles. The number of carbonyl (C=O) groups excluding carboxylic acids is 1. The largest absolute Gasteiger partial charge is 0.356 e. The van der Waals surface area contributed by atoms with Crippen molar-refractivity contribution in [3.8, 4) is 11.3 Å². The van der Waals surface area contributed by atoms with E-state index in [9.17, 15) is 4.79 Å². The first-order valence-corrected chi connectivity index (χ1v) is 9.79. The van der Waals surface area contributed by atoms with Crippen molar-refractivity contribution in [2.75, 3.05) is 6.54 Å². The maximum atomic E-state index is 11.6. The van der Waals surface area contributed by atoms with Gasteiger partial charge >= 0.3 is 0 Å². The van der Waals surface area contributed by atoms with Gasteiger partial charge in [0.15, 0.2) is 5.65 Å². The number of amides is 1. The van der Waals surface area contributed by atoms with E-state index in [1.54, 1.807) is 0 Å². The van der Waals surface area contributed by atoms with E-state index in [4.69, 9.17) is 5.10 Å². The van der Waals surface area contributed by atoms with Gasteiger partial charge in [0, 0.05) is 41.1 Å². The van der Waals surface area contributed by atoms with Crippen molar-refractivity contribution in [3.05, 3.63) is 47.1 Å². The third kappa shape index (κ3) is 3.26. The predicted octanol–water partition coefficient (Wildman–Crippen LogP) is 4.02. The van der Waals surface area contributed by atoms with Gasteiger partial charge in [-0.1, -0.05) is 43.7 Å². The topological polar surface area (TPSA) is 59.8 Å². The van der Waals surface area contributed by atoms with Crippen LogP contribution in [0.2, 0.25) is 0 Å². The molecular formula is C20H21BrN4O. The Bertz CT molecular complexity index is 938. The fourth-order valence-electron chi connectivity index (χ4n) is 3.76. The Morgan fingerprint density at radius 1 is 1.35 bits per heavy atom. The molecule has 1 aliphatic heterocycles. The maximum Gasteiger partial charge on any atom is 0.220 e. The van der Waals surface area contributed by atoms with Crippen LogP contribution in [0.15, 0.2) is 47.1 Å². The number of rotatable bonds is 5. The molecule has 1 aromatic carbocycles. The van der Waals surface area contributed by atoms with Crippen LogP contribution in [-0.2, 0) is 11.3 Å². The van der Waals surface area contributed by atoms with Crippen molar-refractivity contribution in [2.45, 2.75) is 26.3 Å². The van der Waals surface area contributed by atoms with Crippen molar-refractivity contribution in [2.24, 2.45) is 11.8 Å². The minimum atomic E-state index is 0.158. The number of nitrogens with zero attached hydrogens (tertiary/aromatic N) is 3. The highest BCUT2D eigenvalue weighted by atomic mass is 79.9. The lowest BCUT2D eigenvalue weighted by atomic mass is 9.89. The van der Waals surface area contributed by atoms with E-state index < -0.39 is 0 Å². The number of halogens is 1. The molecular weight excluding hydrogens is 392 g/mol. The molecule has 134 valence electrons. The average Bonchev–Trinajstić information content (AvgIpc) is 3.24. The Morgan fingerprint density at radius 3 is 2.85 bits per heavy atom. The van der Waals surface area contributed by atoms with Crippen molar-refractivity contribution >= 4 is 32.9 Å². The highest BCUT2D eigenvalue weighted by Gasteiger charge is 2.29. The second-order valence-electron chi connectivity index (χ2n) is 6.86. The van der Waals surface area contributed by atoms with E-state index in [0.717, 1.165) is 46.3 Å². The summed E-state index contributed by atoms with van der Waals surface area (Å²) in [6.45, 7) is 3.72. The second kappa shape index (κ2) is 7.19. The van der Waals surface area contributed by atoms with Crippen LogP contribution in [0.3, 0.4) is 0 Å². The summed E-state index contributed by atoms with van der Waals surface area (Å²) in [5, 5.41) is 8.90. The smallest absolute Gasteiger partial charge is 0.220 e. The molecule has 1 fully saturated rings. The molecule has 26 heavy (non-hydrogen) atoms. The van der Waals surface area contributed by atoms with Crippen LogP contribution >= 0.6 is 15.9 Å². The zero-order chi connectivity index (χ0) is 18.1. The van der Waals surface area contributed by atoms with Crippen LogP contribution in [0.25, 0.3) is 22.3 Å². The highest BCUT2D eigenvalue weighted by molar-refractivity contribution is 9.10. The zero-order valence-electron chi connectivity index (χ0n) is 14.7. The highest BCUT2D eigenvalue weighted by Crippen LogP contribution is 2.31.